The molecule has 0 aliphatic heterocycles. The lowest BCUT2D eigenvalue weighted by atomic mass is 10.0. The molecule has 2 nitrogen and oxygen atoms in total. The normalized spacial score (nSPS) is 23.2. The summed E-state index contributed by atoms with van der Waals surface area (Å²) in [6.45, 7) is 0. The lowest BCUT2D eigenvalue weighted by molar-refractivity contribution is 0.569. The third-order valence-corrected chi connectivity index (χ3v) is 9.53. The maximum Gasteiger partial charge on any atom is 0.189 e. The second-order valence-corrected chi connectivity index (χ2v) is 10.7. The summed E-state index contributed by atoms with van der Waals surface area (Å²) >= 11 is 1.66. The minimum Gasteiger partial charge on any atom is -0.223 e. The van der Waals surface area contributed by atoms with E-state index in [1.54, 1.807) is 35.6 Å². The van der Waals surface area contributed by atoms with Crippen LogP contribution in [-0.4, -0.2) is 8.42 Å². The molecule has 150 valence electrons. The van der Waals surface area contributed by atoms with Crippen LogP contribution in [-0.2, 0) is 21.0 Å². The molecule has 5 rings (SSSR count). The van der Waals surface area contributed by atoms with Gasteiger partial charge in [0.15, 0.2) is 9.84 Å². The Morgan fingerprint density at radius 3 is 1.97 bits per heavy atom. The number of sulfone groups is 1. The van der Waals surface area contributed by atoms with E-state index < -0.39 is 14.6 Å². The van der Waals surface area contributed by atoms with Crippen molar-refractivity contribution in [1.29, 1.82) is 0 Å². The van der Waals surface area contributed by atoms with Gasteiger partial charge in [0.25, 0.3) is 0 Å². The van der Waals surface area contributed by atoms with Crippen LogP contribution in [0.2, 0.25) is 0 Å². The highest BCUT2D eigenvalue weighted by Gasteiger charge is 2.73. The first kappa shape index (κ1) is 19.3. The molecule has 4 heteroatoms. The molecule has 1 aliphatic carbocycles. The van der Waals surface area contributed by atoms with E-state index in [0.717, 1.165) is 17.5 Å². The second-order valence-electron chi connectivity index (χ2n) is 7.81. The molecule has 1 aliphatic rings. The van der Waals surface area contributed by atoms with Crippen molar-refractivity contribution in [3.05, 3.63) is 125 Å². The highest BCUT2D eigenvalue weighted by molar-refractivity contribution is 7.92. The van der Waals surface area contributed by atoms with E-state index >= 15 is 0 Å². The molecule has 0 amide bonds. The first-order chi connectivity index (χ1) is 14.7. The van der Waals surface area contributed by atoms with Crippen molar-refractivity contribution < 1.29 is 8.42 Å². The van der Waals surface area contributed by atoms with Gasteiger partial charge in [0, 0.05) is 5.92 Å². The van der Waals surface area contributed by atoms with E-state index in [-0.39, 0.29) is 11.8 Å². The molecule has 0 spiro atoms. The predicted molar refractivity (Wildman–Crippen MR) is 122 cm³/mol. The predicted octanol–water partition coefficient (Wildman–Crippen LogP) is 6.07. The van der Waals surface area contributed by atoms with E-state index in [4.69, 9.17) is 0 Å². The van der Waals surface area contributed by atoms with Gasteiger partial charge in [-0.3, -0.25) is 0 Å². The Bertz CT molecular complexity index is 1220. The summed E-state index contributed by atoms with van der Waals surface area (Å²) in [6, 6.07) is 30.9. The molecular weight excluding hydrogens is 408 g/mol. The van der Waals surface area contributed by atoms with Crippen molar-refractivity contribution >= 4 is 21.2 Å². The van der Waals surface area contributed by atoms with E-state index in [9.17, 15) is 8.42 Å². The zero-order chi connectivity index (χ0) is 20.6. The van der Waals surface area contributed by atoms with Crippen LogP contribution in [0, 0.1) is 5.92 Å². The average molecular weight is 431 g/mol. The zero-order valence-electron chi connectivity index (χ0n) is 16.4. The Morgan fingerprint density at radius 2 is 1.37 bits per heavy atom. The standard InChI is InChI=1S/C26H22O2S2/c27-30(28,23-14-8-3-9-15-23)26(22-12-6-2-7-13-22)24(18-20-16-17-29-19-20)25(26)21-10-4-1-5-11-21/h1-17,19,24-25H,18H2/t24?,25?,26-/m0/s1. The van der Waals surface area contributed by atoms with Gasteiger partial charge < -0.3 is 0 Å². The van der Waals surface area contributed by atoms with Crippen LogP contribution in [0.15, 0.2) is 113 Å². The highest BCUT2D eigenvalue weighted by Crippen LogP contribution is 2.70. The van der Waals surface area contributed by atoms with Crippen molar-refractivity contribution in [1.82, 2.24) is 0 Å². The summed E-state index contributed by atoms with van der Waals surface area (Å²) in [4.78, 5) is 0.391. The summed E-state index contributed by atoms with van der Waals surface area (Å²) in [6.07, 6.45) is 0.740. The van der Waals surface area contributed by atoms with Gasteiger partial charge in [-0.05, 0) is 58.0 Å². The summed E-state index contributed by atoms with van der Waals surface area (Å²) in [7, 11) is -3.63. The van der Waals surface area contributed by atoms with E-state index in [0.29, 0.717) is 4.90 Å². The number of rotatable bonds is 6. The van der Waals surface area contributed by atoms with Gasteiger partial charge in [-0.2, -0.15) is 11.3 Å². The zero-order valence-corrected chi connectivity index (χ0v) is 18.0. The lowest BCUT2D eigenvalue weighted by Gasteiger charge is -2.21. The largest absolute Gasteiger partial charge is 0.223 e. The number of thiophene rings is 1. The first-order valence-corrected chi connectivity index (χ1v) is 12.5. The Labute approximate surface area is 181 Å². The van der Waals surface area contributed by atoms with Crippen LogP contribution in [0.4, 0.5) is 0 Å². The van der Waals surface area contributed by atoms with Crippen LogP contribution in [0.25, 0.3) is 0 Å². The van der Waals surface area contributed by atoms with Crippen molar-refractivity contribution in [2.75, 3.05) is 0 Å². The molecule has 3 aromatic carbocycles. The summed E-state index contributed by atoms with van der Waals surface area (Å²) in [5.41, 5.74) is 3.16. The molecule has 1 saturated carbocycles. The van der Waals surface area contributed by atoms with Gasteiger partial charge in [0.05, 0.1) is 4.90 Å². The molecule has 2 unspecified atom stereocenters. The number of hydrogen-bond acceptors (Lipinski definition) is 3. The van der Waals surface area contributed by atoms with Gasteiger partial charge in [-0.25, -0.2) is 8.42 Å². The minimum absolute atomic E-state index is 0.0258. The lowest BCUT2D eigenvalue weighted by Crippen LogP contribution is -2.25. The maximum atomic E-state index is 14.2. The van der Waals surface area contributed by atoms with Gasteiger partial charge in [-0.1, -0.05) is 78.9 Å². The fraction of sp³-hybridized carbons (Fsp3) is 0.154. The van der Waals surface area contributed by atoms with Crippen molar-refractivity contribution in [2.24, 2.45) is 5.92 Å². The average Bonchev–Trinajstić information content (AvgIpc) is 3.18. The van der Waals surface area contributed by atoms with Gasteiger partial charge in [-0.15, -0.1) is 0 Å². The fourth-order valence-corrected chi connectivity index (χ4v) is 8.13. The number of hydrogen-bond donors (Lipinski definition) is 0. The van der Waals surface area contributed by atoms with Crippen molar-refractivity contribution in [3.8, 4) is 0 Å². The first-order valence-electron chi connectivity index (χ1n) is 10.1. The summed E-state index contributed by atoms with van der Waals surface area (Å²) in [5, 5.41) is 4.19. The molecule has 0 saturated heterocycles. The molecule has 0 radical (unpaired) electrons. The van der Waals surface area contributed by atoms with Gasteiger partial charge >= 0.3 is 0 Å². The molecule has 4 aromatic rings. The van der Waals surface area contributed by atoms with Crippen LogP contribution in [0.1, 0.15) is 22.6 Å². The Kier molecular flexibility index (Phi) is 4.84. The van der Waals surface area contributed by atoms with Crippen LogP contribution < -0.4 is 0 Å². The second kappa shape index (κ2) is 7.53. The monoisotopic (exact) mass is 430 g/mol. The molecule has 1 aromatic heterocycles. The van der Waals surface area contributed by atoms with Crippen molar-refractivity contribution in [2.45, 2.75) is 22.0 Å². The molecule has 1 heterocycles. The summed E-state index contributed by atoms with van der Waals surface area (Å²) in [5.74, 6) is -0.117. The minimum atomic E-state index is -3.63. The molecule has 0 N–H and O–H groups in total. The fourth-order valence-electron chi connectivity index (χ4n) is 4.91. The Hall–Kier alpha value is -2.69. The van der Waals surface area contributed by atoms with E-state index in [1.807, 2.05) is 54.6 Å². The van der Waals surface area contributed by atoms with Crippen LogP contribution in [0.3, 0.4) is 0 Å². The third-order valence-electron chi connectivity index (χ3n) is 6.22. The molecule has 1 fully saturated rings. The van der Waals surface area contributed by atoms with Gasteiger partial charge in [0.2, 0.25) is 0 Å². The van der Waals surface area contributed by atoms with Crippen LogP contribution in [0.5, 0.6) is 0 Å². The molecule has 0 bridgehead atoms. The van der Waals surface area contributed by atoms with E-state index in [1.165, 1.54) is 5.56 Å². The highest BCUT2D eigenvalue weighted by atomic mass is 32.2. The third kappa shape index (κ3) is 2.94. The SMILES string of the molecule is O=S(=O)(c1ccccc1)[C@@]1(c2ccccc2)C(Cc2ccsc2)C1c1ccccc1. The van der Waals surface area contributed by atoms with Crippen molar-refractivity contribution in [3.63, 3.8) is 0 Å². The molecule has 3 atom stereocenters. The number of benzene rings is 3. The maximum absolute atomic E-state index is 14.2. The molecule has 30 heavy (non-hydrogen) atoms. The van der Waals surface area contributed by atoms with Gasteiger partial charge in [0.1, 0.15) is 4.75 Å². The Morgan fingerprint density at radius 1 is 0.767 bits per heavy atom. The Balaban J connectivity index is 1.74. The smallest absolute Gasteiger partial charge is 0.189 e. The topological polar surface area (TPSA) is 34.1 Å². The quantitative estimate of drug-likeness (QED) is 0.372. The van der Waals surface area contributed by atoms with Crippen LogP contribution >= 0.6 is 11.3 Å². The summed E-state index contributed by atoms with van der Waals surface area (Å²) < 4.78 is 27.5. The molecular formula is C26H22O2S2. The van der Waals surface area contributed by atoms with E-state index in [2.05, 4.69) is 29.0 Å².